The first-order valence-corrected chi connectivity index (χ1v) is 4.67. The van der Waals surface area contributed by atoms with Crippen LogP contribution in [0.5, 0.6) is 0 Å². The van der Waals surface area contributed by atoms with Crippen molar-refractivity contribution in [3.05, 3.63) is 34.9 Å². The van der Waals surface area contributed by atoms with Crippen molar-refractivity contribution in [2.24, 2.45) is 0 Å². The molecule has 0 aliphatic heterocycles. The van der Waals surface area contributed by atoms with E-state index in [1.54, 1.807) is 0 Å². The average Bonchev–Trinajstić information content (AvgIpc) is 2.43. The molecule has 0 fully saturated rings. The fourth-order valence-electron chi connectivity index (χ4n) is 1.46. The minimum Gasteiger partial charge on any atom is -0.303 e. The highest BCUT2D eigenvalue weighted by atomic mass is 35.5. The van der Waals surface area contributed by atoms with E-state index in [0.29, 0.717) is 11.6 Å². The third-order valence-electron chi connectivity index (χ3n) is 2.16. The Kier molecular flexibility index (Phi) is 2.25. The first-order chi connectivity index (χ1) is 6.72. The minimum absolute atomic E-state index is 0.414. The van der Waals surface area contributed by atoms with Gasteiger partial charge in [0, 0.05) is 12.6 Å². The van der Waals surface area contributed by atoms with Crippen molar-refractivity contribution >= 4 is 23.4 Å². The number of aldehydes is 1. The van der Waals surface area contributed by atoms with Gasteiger partial charge >= 0.3 is 0 Å². The van der Waals surface area contributed by atoms with Gasteiger partial charge in [0.05, 0.1) is 5.52 Å². The molecule has 0 aliphatic carbocycles. The highest BCUT2D eigenvalue weighted by Crippen LogP contribution is 2.19. The highest BCUT2D eigenvalue weighted by Gasteiger charge is 2.05. The van der Waals surface area contributed by atoms with Crippen LogP contribution in [-0.4, -0.2) is 15.7 Å². The molecule has 0 saturated carbocycles. The number of aromatic nitrogens is 2. The van der Waals surface area contributed by atoms with E-state index in [4.69, 9.17) is 11.6 Å². The first-order valence-electron chi connectivity index (χ1n) is 4.29. The third kappa shape index (κ3) is 1.40. The van der Waals surface area contributed by atoms with E-state index in [9.17, 15) is 4.79 Å². The predicted octanol–water partition coefficient (Wildman–Crippen LogP) is 2.04. The summed E-state index contributed by atoms with van der Waals surface area (Å²) in [6, 6.07) is 3.78. The standard InChI is InChI=1S/C10H9ClN2O/c1-7-12-10(11)9-6-8(3-5-14)2-4-13(7)9/h2,4-6H,3H2,1H3. The summed E-state index contributed by atoms with van der Waals surface area (Å²) in [5, 5.41) is 0.482. The SMILES string of the molecule is Cc1nc(Cl)c2cc(CC=O)ccn12. The van der Waals surface area contributed by atoms with E-state index >= 15 is 0 Å². The Morgan fingerprint density at radius 2 is 2.43 bits per heavy atom. The molecule has 0 atom stereocenters. The Labute approximate surface area is 86.3 Å². The summed E-state index contributed by atoms with van der Waals surface area (Å²) >= 11 is 5.93. The average molecular weight is 209 g/mol. The van der Waals surface area contributed by atoms with E-state index in [1.807, 2.05) is 29.7 Å². The van der Waals surface area contributed by atoms with Crippen LogP contribution in [-0.2, 0) is 11.2 Å². The lowest BCUT2D eigenvalue weighted by Crippen LogP contribution is -1.91. The number of rotatable bonds is 2. The molecule has 2 rings (SSSR count). The number of carbonyl (C=O) groups is 1. The Hall–Kier alpha value is -1.35. The van der Waals surface area contributed by atoms with Crippen molar-refractivity contribution in [1.82, 2.24) is 9.38 Å². The van der Waals surface area contributed by atoms with Crippen molar-refractivity contribution in [3.63, 3.8) is 0 Å². The van der Waals surface area contributed by atoms with Gasteiger partial charge in [-0.05, 0) is 24.6 Å². The minimum atomic E-state index is 0.414. The van der Waals surface area contributed by atoms with Gasteiger partial charge in [0.25, 0.3) is 0 Å². The lowest BCUT2D eigenvalue weighted by molar-refractivity contribution is -0.107. The third-order valence-corrected chi connectivity index (χ3v) is 2.44. The highest BCUT2D eigenvalue weighted by molar-refractivity contribution is 6.32. The van der Waals surface area contributed by atoms with Crippen molar-refractivity contribution in [2.45, 2.75) is 13.3 Å². The summed E-state index contributed by atoms with van der Waals surface area (Å²) in [5.41, 5.74) is 1.80. The summed E-state index contributed by atoms with van der Waals surface area (Å²) in [7, 11) is 0. The molecule has 72 valence electrons. The fourth-order valence-corrected chi connectivity index (χ4v) is 1.73. The van der Waals surface area contributed by atoms with Crippen molar-refractivity contribution in [1.29, 1.82) is 0 Å². The van der Waals surface area contributed by atoms with Gasteiger partial charge in [0.1, 0.15) is 12.1 Å². The van der Waals surface area contributed by atoms with Gasteiger partial charge in [-0.3, -0.25) is 0 Å². The molecule has 2 heterocycles. The number of nitrogens with zero attached hydrogens (tertiary/aromatic N) is 2. The smallest absolute Gasteiger partial charge is 0.155 e. The monoisotopic (exact) mass is 208 g/mol. The lowest BCUT2D eigenvalue weighted by Gasteiger charge is -1.98. The molecular formula is C10H9ClN2O. The number of carbonyl (C=O) groups excluding carboxylic acids is 1. The van der Waals surface area contributed by atoms with Crippen LogP contribution in [0.2, 0.25) is 5.15 Å². The summed E-state index contributed by atoms with van der Waals surface area (Å²) in [6.07, 6.45) is 3.17. The summed E-state index contributed by atoms with van der Waals surface area (Å²) < 4.78 is 1.90. The van der Waals surface area contributed by atoms with E-state index in [0.717, 1.165) is 23.2 Å². The predicted molar refractivity (Wildman–Crippen MR) is 54.7 cm³/mol. The van der Waals surface area contributed by atoms with E-state index in [1.165, 1.54) is 0 Å². The van der Waals surface area contributed by atoms with E-state index in [2.05, 4.69) is 4.98 Å². The number of aryl methyl sites for hydroxylation is 1. The molecule has 0 unspecified atom stereocenters. The van der Waals surface area contributed by atoms with Crippen molar-refractivity contribution in [3.8, 4) is 0 Å². The molecular weight excluding hydrogens is 200 g/mol. The zero-order chi connectivity index (χ0) is 10.1. The Morgan fingerprint density at radius 1 is 1.64 bits per heavy atom. The molecule has 0 bridgehead atoms. The molecule has 0 radical (unpaired) electrons. The molecule has 0 aromatic carbocycles. The molecule has 0 saturated heterocycles. The number of pyridine rings is 1. The van der Waals surface area contributed by atoms with Crippen LogP contribution in [0.3, 0.4) is 0 Å². The fraction of sp³-hybridized carbons (Fsp3) is 0.200. The van der Waals surface area contributed by atoms with Crippen molar-refractivity contribution < 1.29 is 4.79 Å². The zero-order valence-corrected chi connectivity index (χ0v) is 8.45. The summed E-state index contributed by atoms with van der Waals surface area (Å²) in [6.45, 7) is 1.89. The second kappa shape index (κ2) is 3.42. The van der Waals surface area contributed by atoms with Gasteiger partial charge in [-0.15, -0.1) is 0 Å². The van der Waals surface area contributed by atoms with Gasteiger partial charge < -0.3 is 9.20 Å². The number of fused-ring (bicyclic) bond motifs is 1. The number of halogens is 1. The molecule has 0 aliphatic rings. The number of hydrogen-bond donors (Lipinski definition) is 0. The van der Waals surface area contributed by atoms with Crippen LogP contribution >= 0.6 is 11.6 Å². The lowest BCUT2D eigenvalue weighted by atomic mass is 10.2. The maximum atomic E-state index is 10.3. The number of imidazole rings is 1. The van der Waals surface area contributed by atoms with Crippen LogP contribution in [0.4, 0.5) is 0 Å². The molecule has 14 heavy (non-hydrogen) atoms. The van der Waals surface area contributed by atoms with E-state index < -0.39 is 0 Å². The summed E-state index contributed by atoms with van der Waals surface area (Å²) in [5.74, 6) is 0.850. The Balaban J connectivity index is 2.64. The molecule has 0 spiro atoms. The maximum absolute atomic E-state index is 10.3. The van der Waals surface area contributed by atoms with Gasteiger partial charge in [0.15, 0.2) is 5.15 Å². The Morgan fingerprint density at radius 3 is 3.14 bits per heavy atom. The number of hydrogen-bond acceptors (Lipinski definition) is 2. The van der Waals surface area contributed by atoms with Gasteiger partial charge in [-0.25, -0.2) is 4.98 Å². The van der Waals surface area contributed by atoms with Crippen molar-refractivity contribution in [2.75, 3.05) is 0 Å². The van der Waals surface area contributed by atoms with Gasteiger partial charge in [-0.1, -0.05) is 11.6 Å². The van der Waals surface area contributed by atoms with Gasteiger partial charge in [-0.2, -0.15) is 0 Å². The van der Waals surface area contributed by atoms with Gasteiger partial charge in [0.2, 0.25) is 0 Å². The first kappa shape index (κ1) is 9.21. The largest absolute Gasteiger partial charge is 0.303 e. The maximum Gasteiger partial charge on any atom is 0.155 e. The molecule has 3 nitrogen and oxygen atoms in total. The Bertz CT molecular complexity index is 490. The van der Waals surface area contributed by atoms with Crippen LogP contribution in [0, 0.1) is 6.92 Å². The molecule has 4 heteroatoms. The molecule has 0 amide bonds. The second-order valence-corrected chi connectivity index (χ2v) is 3.47. The summed E-state index contributed by atoms with van der Waals surface area (Å²) in [4.78, 5) is 14.5. The van der Waals surface area contributed by atoms with E-state index in [-0.39, 0.29) is 0 Å². The molecule has 0 N–H and O–H groups in total. The second-order valence-electron chi connectivity index (χ2n) is 3.11. The topological polar surface area (TPSA) is 34.4 Å². The van der Waals surface area contributed by atoms with Crippen LogP contribution < -0.4 is 0 Å². The quantitative estimate of drug-likeness (QED) is 0.708. The normalized spacial score (nSPS) is 10.7. The van der Waals surface area contributed by atoms with Crippen LogP contribution in [0.15, 0.2) is 18.3 Å². The van der Waals surface area contributed by atoms with Crippen LogP contribution in [0.1, 0.15) is 11.4 Å². The molecule has 2 aromatic rings. The zero-order valence-electron chi connectivity index (χ0n) is 7.70. The van der Waals surface area contributed by atoms with Crippen LogP contribution in [0.25, 0.3) is 5.52 Å². The molecule has 2 aromatic heterocycles.